The molecule has 6 nitrogen and oxygen atoms in total. The highest BCUT2D eigenvalue weighted by atomic mass is 16.5. The van der Waals surface area contributed by atoms with Gasteiger partial charge in [-0.3, -0.25) is 9.59 Å². The van der Waals surface area contributed by atoms with Crippen LogP contribution >= 0.6 is 0 Å². The largest absolute Gasteiger partial charge is 0.398 e. The number of hydrogen-bond donors (Lipinski definition) is 2. The number of benzene rings is 1. The number of anilines is 1. The average Bonchev–Trinajstić information content (AvgIpc) is 2.41. The van der Waals surface area contributed by atoms with Crippen LogP contribution in [0.2, 0.25) is 0 Å². The maximum Gasteiger partial charge on any atom is 0.239 e. The topological polar surface area (TPSA) is 84.7 Å². The average molecular weight is 279 g/mol. The summed E-state index contributed by atoms with van der Waals surface area (Å²) in [5.74, 6) is -0.358. The predicted molar refractivity (Wildman–Crippen MR) is 77.1 cm³/mol. The van der Waals surface area contributed by atoms with Gasteiger partial charge in [0.15, 0.2) is 0 Å². The second kappa shape index (κ2) is 8.16. The standard InChI is InChI=1S/C14H21N3O3/c1-17(10-13(18)16-7-8-20-2)14(19)9-11-5-3-4-6-12(11)15/h3-6H,7-10,15H2,1-2H3,(H,16,18). The molecule has 0 aliphatic carbocycles. The van der Waals surface area contributed by atoms with Crippen LogP contribution in [0.25, 0.3) is 0 Å². The monoisotopic (exact) mass is 279 g/mol. The van der Waals surface area contributed by atoms with Gasteiger partial charge < -0.3 is 20.7 Å². The van der Waals surface area contributed by atoms with Gasteiger partial charge in [-0.1, -0.05) is 18.2 Å². The number of nitrogens with two attached hydrogens (primary N) is 1. The van der Waals surface area contributed by atoms with Crippen LogP contribution in [-0.4, -0.2) is 50.6 Å². The first-order valence-corrected chi connectivity index (χ1v) is 6.37. The Bertz CT molecular complexity index is 463. The SMILES string of the molecule is COCCNC(=O)CN(C)C(=O)Cc1ccccc1N. The van der Waals surface area contributed by atoms with Gasteiger partial charge in [0.1, 0.15) is 0 Å². The normalized spacial score (nSPS) is 10.1. The molecule has 0 unspecified atom stereocenters. The maximum atomic E-state index is 12.0. The zero-order valence-corrected chi connectivity index (χ0v) is 11.9. The van der Waals surface area contributed by atoms with Crippen LogP contribution in [0.15, 0.2) is 24.3 Å². The second-order valence-corrected chi connectivity index (χ2v) is 4.47. The molecule has 0 atom stereocenters. The van der Waals surface area contributed by atoms with E-state index in [2.05, 4.69) is 5.32 Å². The van der Waals surface area contributed by atoms with Crippen molar-refractivity contribution >= 4 is 17.5 Å². The molecule has 0 bridgehead atoms. The summed E-state index contributed by atoms with van der Waals surface area (Å²) in [5.41, 5.74) is 7.14. The summed E-state index contributed by atoms with van der Waals surface area (Å²) < 4.78 is 4.83. The molecule has 20 heavy (non-hydrogen) atoms. The van der Waals surface area contributed by atoms with Crippen LogP contribution in [0.4, 0.5) is 5.69 Å². The van der Waals surface area contributed by atoms with Crippen LogP contribution in [-0.2, 0) is 20.7 Å². The highest BCUT2D eigenvalue weighted by Crippen LogP contribution is 2.11. The highest BCUT2D eigenvalue weighted by molar-refractivity contribution is 5.86. The Labute approximate surface area is 118 Å². The number of methoxy groups -OCH3 is 1. The minimum atomic E-state index is -0.209. The van der Waals surface area contributed by atoms with E-state index in [4.69, 9.17) is 10.5 Å². The summed E-state index contributed by atoms with van der Waals surface area (Å²) in [6, 6.07) is 7.20. The van der Waals surface area contributed by atoms with E-state index >= 15 is 0 Å². The van der Waals surface area contributed by atoms with Crippen molar-refractivity contribution in [1.29, 1.82) is 0 Å². The lowest BCUT2D eigenvalue weighted by molar-refractivity contribution is -0.134. The summed E-state index contributed by atoms with van der Waals surface area (Å²) >= 11 is 0. The molecule has 0 aliphatic heterocycles. The van der Waals surface area contributed by atoms with E-state index in [0.29, 0.717) is 18.8 Å². The van der Waals surface area contributed by atoms with Crippen molar-refractivity contribution < 1.29 is 14.3 Å². The first kappa shape index (κ1) is 16.0. The molecule has 0 radical (unpaired) electrons. The number of amides is 2. The minimum absolute atomic E-state index is 0.0231. The molecule has 2 amide bonds. The van der Waals surface area contributed by atoms with Crippen molar-refractivity contribution in [3.63, 3.8) is 0 Å². The third-order valence-electron chi connectivity index (χ3n) is 2.83. The molecule has 3 N–H and O–H groups in total. The fourth-order valence-corrected chi connectivity index (χ4v) is 1.65. The molecule has 0 aliphatic rings. The Morgan fingerprint density at radius 2 is 2.05 bits per heavy atom. The minimum Gasteiger partial charge on any atom is -0.398 e. The van der Waals surface area contributed by atoms with E-state index in [0.717, 1.165) is 5.56 Å². The van der Waals surface area contributed by atoms with E-state index in [1.54, 1.807) is 26.3 Å². The first-order valence-electron chi connectivity index (χ1n) is 6.37. The van der Waals surface area contributed by atoms with Crippen molar-refractivity contribution in [2.75, 3.05) is 39.6 Å². The van der Waals surface area contributed by atoms with Crippen molar-refractivity contribution in [1.82, 2.24) is 10.2 Å². The van der Waals surface area contributed by atoms with E-state index < -0.39 is 0 Å². The van der Waals surface area contributed by atoms with Gasteiger partial charge in [0.2, 0.25) is 11.8 Å². The molecule has 1 rings (SSSR count). The molecule has 0 spiro atoms. The Morgan fingerprint density at radius 3 is 2.70 bits per heavy atom. The molecule has 0 heterocycles. The lowest BCUT2D eigenvalue weighted by Gasteiger charge is -2.17. The fourth-order valence-electron chi connectivity index (χ4n) is 1.65. The van der Waals surface area contributed by atoms with Gasteiger partial charge in [-0.2, -0.15) is 0 Å². The first-order chi connectivity index (χ1) is 9.54. The van der Waals surface area contributed by atoms with Crippen molar-refractivity contribution in [2.24, 2.45) is 0 Å². The summed E-state index contributed by atoms with van der Waals surface area (Å²) in [4.78, 5) is 24.9. The lowest BCUT2D eigenvalue weighted by Crippen LogP contribution is -2.40. The third kappa shape index (κ3) is 5.27. The molecule has 0 fully saturated rings. The smallest absolute Gasteiger partial charge is 0.239 e. The van der Waals surface area contributed by atoms with Gasteiger partial charge in [0.25, 0.3) is 0 Å². The van der Waals surface area contributed by atoms with Crippen LogP contribution in [0.1, 0.15) is 5.56 Å². The molecule has 6 heteroatoms. The van der Waals surface area contributed by atoms with Gasteiger partial charge in [-0.25, -0.2) is 0 Å². The lowest BCUT2D eigenvalue weighted by atomic mass is 10.1. The van der Waals surface area contributed by atoms with Crippen molar-refractivity contribution in [2.45, 2.75) is 6.42 Å². The number of para-hydroxylation sites is 1. The van der Waals surface area contributed by atoms with E-state index in [1.165, 1.54) is 4.90 Å². The predicted octanol–water partition coefficient (Wildman–Crippen LogP) is 0.0323. The Hall–Kier alpha value is -2.08. The van der Waals surface area contributed by atoms with E-state index in [9.17, 15) is 9.59 Å². The highest BCUT2D eigenvalue weighted by Gasteiger charge is 2.14. The molecule has 0 aromatic heterocycles. The molecule has 110 valence electrons. The van der Waals surface area contributed by atoms with Gasteiger partial charge >= 0.3 is 0 Å². The second-order valence-electron chi connectivity index (χ2n) is 4.47. The van der Waals surface area contributed by atoms with Crippen molar-refractivity contribution in [3.05, 3.63) is 29.8 Å². The van der Waals surface area contributed by atoms with Gasteiger partial charge in [0, 0.05) is 26.4 Å². The quantitative estimate of drug-likeness (QED) is 0.545. The number of ether oxygens (including phenoxy) is 1. The van der Waals surface area contributed by atoms with Gasteiger partial charge in [-0.15, -0.1) is 0 Å². The summed E-state index contributed by atoms with van der Waals surface area (Å²) in [6.07, 6.45) is 0.189. The number of nitrogens with one attached hydrogen (secondary N) is 1. The summed E-state index contributed by atoms with van der Waals surface area (Å²) in [6.45, 7) is 0.905. The Morgan fingerprint density at radius 1 is 1.35 bits per heavy atom. The number of hydrogen-bond acceptors (Lipinski definition) is 4. The number of nitrogens with zero attached hydrogens (tertiary/aromatic N) is 1. The van der Waals surface area contributed by atoms with Gasteiger partial charge in [0.05, 0.1) is 19.6 Å². The zero-order chi connectivity index (χ0) is 15.0. The molecule has 1 aromatic rings. The molecular formula is C14H21N3O3. The number of carbonyl (C=O) groups excluding carboxylic acids is 2. The number of likely N-dealkylation sites (N-methyl/N-ethyl adjacent to an activating group) is 1. The number of rotatable bonds is 7. The molecule has 0 saturated heterocycles. The third-order valence-corrected chi connectivity index (χ3v) is 2.83. The maximum absolute atomic E-state index is 12.0. The van der Waals surface area contributed by atoms with Crippen LogP contribution < -0.4 is 11.1 Å². The molecule has 0 saturated carbocycles. The summed E-state index contributed by atoms with van der Waals surface area (Å²) in [5, 5.41) is 2.66. The van der Waals surface area contributed by atoms with E-state index in [-0.39, 0.29) is 24.8 Å². The molecule has 1 aromatic carbocycles. The number of nitrogen functional groups attached to an aromatic ring is 1. The molecular weight excluding hydrogens is 258 g/mol. The van der Waals surface area contributed by atoms with E-state index in [1.807, 2.05) is 12.1 Å². The Kier molecular flexibility index (Phi) is 6.52. The summed E-state index contributed by atoms with van der Waals surface area (Å²) in [7, 11) is 3.16. The van der Waals surface area contributed by atoms with Gasteiger partial charge in [-0.05, 0) is 11.6 Å². The van der Waals surface area contributed by atoms with Crippen LogP contribution in [0.5, 0.6) is 0 Å². The Balaban J connectivity index is 2.43. The van der Waals surface area contributed by atoms with Crippen LogP contribution in [0, 0.1) is 0 Å². The number of carbonyl (C=O) groups is 2. The zero-order valence-electron chi connectivity index (χ0n) is 11.9. The van der Waals surface area contributed by atoms with Crippen molar-refractivity contribution in [3.8, 4) is 0 Å². The van der Waals surface area contributed by atoms with Crippen LogP contribution in [0.3, 0.4) is 0 Å². The fraction of sp³-hybridized carbons (Fsp3) is 0.429.